The van der Waals surface area contributed by atoms with E-state index < -0.39 is 0 Å². The maximum atomic E-state index is 10.7. The Labute approximate surface area is 131 Å². The lowest BCUT2D eigenvalue weighted by molar-refractivity contribution is 0.112. The molecule has 21 heavy (non-hydrogen) atoms. The van der Waals surface area contributed by atoms with Gasteiger partial charge in [0.2, 0.25) is 0 Å². The van der Waals surface area contributed by atoms with Crippen LogP contribution in [0.3, 0.4) is 0 Å². The molecule has 0 spiro atoms. The standard InChI is InChI=1S/C16H15BrO4/c1-19-16-10-12(11-18)2-7-15(16)21-9-8-20-14-5-3-13(17)4-6-14/h2-7,10-11H,8-9H2,1H3. The molecule has 0 amide bonds. The first kappa shape index (κ1) is 15.4. The fourth-order valence-corrected chi connectivity index (χ4v) is 1.98. The van der Waals surface area contributed by atoms with Gasteiger partial charge in [0.05, 0.1) is 7.11 Å². The second kappa shape index (κ2) is 7.69. The average Bonchev–Trinajstić information content (AvgIpc) is 2.53. The Balaban J connectivity index is 1.85. The maximum Gasteiger partial charge on any atom is 0.161 e. The van der Waals surface area contributed by atoms with Crippen molar-refractivity contribution < 1.29 is 19.0 Å². The van der Waals surface area contributed by atoms with Crippen LogP contribution in [0.1, 0.15) is 10.4 Å². The van der Waals surface area contributed by atoms with Gasteiger partial charge >= 0.3 is 0 Å². The molecule has 0 saturated carbocycles. The number of benzene rings is 2. The number of halogens is 1. The van der Waals surface area contributed by atoms with E-state index in [1.54, 1.807) is 18.2 Å². The van der Waals surface area contributed by atoms with Crippen LogP contribution >= 0.6 is 15.9 Å². The molecular weight excluding hydrogens is 336 g/mol. The van der Waals surface area contributed by atoms with Crippen LogP contribution in [0.15, 0.2) is 46.9 Å². The monoisotopic (exact) mass is 350 g/mol. The highest BCUT2D eigenvalue weighted by atomic mass is 79.9. The number of carbonyl (C=O) groups is 1. The number of hydrogen-bond acceptors (Lipinski definition) is 4. The van der Waals surface area contributed by atoms with Crippen molar-refractivity contribution >= 4 is 22.2 Å². The van der Waals surface area contributed by atoms with Crippen molar-refractivity contribution in [3.05, 3.63) is 52.5 Å². The highest BCUT2D eigenvalue weighted by molar-refractivity contribution is 9.10. The summed E-state index contributed by atoms with van der Waals surface area (Å²) in [5, 5.41) is 0. The third-order valence-corrected chi connectivity index (χ3v) is 3.28. The van der Waals surface area contributed by atoms with Crippen LogP contribution in [0.25, 0.3) is 0 Å². The Morgan fingerprint density at radius 1 is 1.00 bits per heavy atom. The fourth-order valence-electron chi connectivity index (χ4n) is 1.72. The Kier molecular flexibility index (Phi) is 5.63. The van der Waals surface area contributed by atoms with Gasteiger partial charge in [-0.25, -0.2) is 0 Å². The van der Waals surface area contributed by atoms with Gasteiger partial charge in [0, 0.05) is 10.0 Å². The lowest BCUT2D eigenvalue weighted by Crippen LogP contribution is -2.09. The van der Waals surface area contributed by atoms with Crippen molar-refractivity contribution in [2.24, 2.45) is 0 Å². The molecule has 0 bridgehead atoms. The second-order valence-corrected chi connectivity index (χ2v) is 5.09. The molecule has 110 valence electrons. The average molecular weight is 351 g/mol. The molecular formula is C16H15BrO4. The first-order chi connectivity index (χ1) is 10.2. The van der Waals surface area contributed by atoms with Crippen LogP contribution in [-0.4, -0.2) is 26.6 Å². The summed E-state index contributed by atoms with van der Waals surface area (Å²) in [6.45, 7) is 0.799. The molecule has 0 aliphatic heterocycles. The third-order valence-electron chi connectivity index (χ3n) is 2.75. The normalized spacial score (nSPS) is 10.0. The minimum absolute atomic E-state index is 0.382. The minimum atomic E-state index is 0.382. The highest BCUT2D eigenvalue weighted by Gasteiger charge is 2.05. The van der Waals surface area contributed by atoms with E-state index in [0.717, 1.165) is 16.5 Å². The van der Waals surface area contributed by atoms with Gasteiger partial charge in [0.15, 0.2) is 11.5 Å². The summed E-state index contributed by atoms with van der Waals surface area (Å²) in [4.78, 5) is 10.7. The van der Waals surface area contributed by atoms with Crippen LogP contribution in [-0.2, 0) is 0 Å². The number of methoxy groups -OCH3 is 1. The molecule has 0 N–H and O–H groups in total. The predicted molar refractivity (Wildman–Crippen MR) is 83.5 cm³/mol. The van der Waals surface area contributed by atoms with Gasteiger partial charge in [-0.15, -0.1) is 0 Å². The molecule has 0 aromatic heterocycles. The summed E-state index contributed by atoms with van der Waals surface area (Å²) in [7, 11) is 1.54. The number of hydrogen-bond donors (Lipinski definition) is 0. The van der Waals surface area contributed by atoms with E-state index >= 15 is 0 Å². The SMILES string of the molecule is COc1cc(C=O)ccc1OCCOc1ccc(Br)cc1. The number of ether oxygens (including phenoxy) is 3. The van der Waals surface area contributed by atoms with Crippen LogP contribution in [0, 0.1) is 0 Å². The quantitative estimate of drug-likeness (QED) is 0.563. The number of rotatable bonds is 7. The second-order valence-electron chi connectivity index (χ2n) is 4.18. The van der Waals surface area contributed by atoms with Crippen LogP contribution in [0.2, 0.25) is 0 Å². The molecule has 0 unspecified atom stereocenters. The van der Waals surface area contributed by atoms with Gasteiger partial charge in [-0.05, 0) is 42.5 Å². The largest absolute Gasteiger partial charge is 0.493 e. The van der Waals surface area contributed by atoms with Gasteiger partial charge in [0.25, 0.3) is 0 Å². The van der Waals surface area contributed by atoms with Gasteiger partial charge in [-0.3, -0.25) is 4.79 Å². The Hall–Kier alpha value is -2.01. The van der Waals surface area contributed by atoms with E-state index in [1.807, 2.05) is 24.3 Å². The van der Waals surface area contributed by atoms with E-state index in [4.69, 9.17) is 14.2 Å². The van der Waals surface area contributed by atoms with Gasteiger partial charge < -0.3 is 14.2 Å². The van der Waals surface area contributed by atoms with Crippen molar-refractivity contribution in [2.45, 2.75) is 0 Å². The minimum Gasteiger partial charge on any atom is -0.493 e. The molecule has 2 aromatic rings. The van der Waals surface area contributed by atoms with Crippen LogP contribution in [0.4, 0.5) is 0 Å². The first-order valence-corrected chi connectivity index (χ1v) is 7.16. The van der Waals surface area contributed by atoms with Gasteiger partial charge in [-0.2, -0.15) is 0 Å². The van der Waals surface area contributed by atoms with E-state index in [2.05, 4.69) is 15.9 Å². The molecule has 0 radical (unpaired) electrons. The van der Waals surface area contributed by atoms with Gasteiger partial charge in [-0.1, -0.05) is 15.9 Å². The van der Waals surface area contributed by atoms with Crippen LogP contribution < -0.4 is 14.2 Å². The van der Waals surface area contributed by atoms with Crippen molar-refractivity contribution in [2.75, 3.05) is 20.3 Å². The smallest absolute Gasteiger partial charge is 0.161 e. The molecule has 0 aliphatic rings. The Morgan fingerprint density at radius 2 is 1.71 bits per heavy atom. The third kappa shape index (κ3) is 4.49. The predicted octanol–water partition coefficient (Wildman–Crippen LogP) is 3.73. The first-order valence-electron chi connectivity index (χ1n) is 6.37. The summed E-state index contributed by atoms with van der Waals surface area (Å²) >= 11 is 3.37. The maximum absolute atomic E-state index is 10.7. The summed E-state index contributed by atoms with van der Waals surface area (Å²) < 4.78 is 17.3. The van der Waals surface area contributed by atoms with E-state index in [-0.39, 0.29) is 0 Å². The number of aldehydes is 1. The Bertz CT molecular complexity index is 596. The molecule has 0 heterocycles. The zero-order valence-corrected chi connectivity index (χ0v) is 13.1. The Morgan fingerprint density at radius 3 is 2.38 bits per heavy atom. The van der Waals surface area contributed by atoms with Crippen molar-refractivity contribution in [1.82, 2.24) is 0 Å². The van der Waals surface area contributed by atoms with Crippen molar-refractivity contribution in [1.29, 1.82) is 0 Å². The highest BCUT2D eigenvalue weighted by Crippen LogP contribution is 2.27. The lowest BCUT2D eigenvalue weighted by Gasteiger charge is -2.11. The molecule has 4 nitrogen and oxygen atoms in total. The number of carbonyl (C=O) groups excluding carboxylic acids is 1. The topological polar surface area (TPSA) is 44.8 Å². The zero-order chi connectivity index (χ0) is 15.1. The summed E-state index contributed by atoms with van der Waals surface area (Å²) in [6, 6.07) is 12.6. The molecule has 0 fully saturated rings. The molecule has 0 atom stereocenters. The zero-order valence-electron chi connectivity index (χ0n) is 11.5. The summed E-state index contributed by atoms with van der Waals surface area (Å²) in [6.07, 6.45) is 0.767. The fraction of sp³-hybridized carbons (Fsp3) is 0.188. The lowest BCUT2D eigenvalue weighted by atomic mass is 10.2. The van der Waals surface area contributed by atoms with Crippen molar-refractivity contribution in [3.8, 4) is 17.2 Å². The van der Waals surface area contributed by atoms with E-state index in [1.165, 1.54) is 7.11 Å². The summed E-state index contributed by atoms with van der Waals surface area (Å²) in [5.74, 6) is 1.90. The summed E-state index contributed by atoms with van der Waals surface area (Å²) in [5.41, 5.74) is 0.547. The molecule has 0 aliphatic carbocycles. The molecule has 2 rings (SSSR count). The van der Waals surface area contributed by atoms with Crippen molar-refractivity contribution in [3.63, 3.8) is 0 Å². The van der Waals surface area contributed by atoms with Crippen LogP contribution in [0.5, 0.6) is 17.2 Å². The van der Waals surface area contributed by atoms with Gasteiger partial charge in [0.1, 0.15) is 25.2 Å². The molecule has 5 heteroatoms. The molecule has 2 aromatic carbocycles. The molecule has 0 saturated heterocycles. The van der Waals surface area contributed by atoms with E-state index in [9.17, 15) is 4.79 Å². The van der Waals surface area contributed by atoms with E-state index in [0.29, 0.717) is 30.3 Å².